The molecule has 0 saturated carbocycles. The number of ether oxygens (including phenoxy) is 1. The number of hydrogen-bond acceptors (Lipinski definition) is 1. The molecule has 0 aliphatic carbocycles. The third kappa shape index (κ3) is 2.27. The molecule has 0 aliphatic heterocycles. The maximum absolute atomic E-state index is 13.9. The summed E-state index contributed by atoms with van der Waals surface area (Å²) in [5.41, 5.74) is 1.66. The van der Waals surface area contributed by atoms with Crippen LogP contribution in [0.5, 0.6) is 5.75 Å². The van der Waals surface area contributed by atoms with Crippen LogP contribution in [0.25, 0.3) is 10.9 Å². The number of nitrogens with zero attached hydrogens (tertiary/aromatic N) is 1. The van der Waals surface area contributed by atoms with E-state index < -0.39 is 0 Å². The molecule has 0 amide bonds. The van der Waals surface area contributed by atoms with Gasteiger partial charge >= 0.3 is 0 Å². The van der Waals surface area contributed by atoms with Gasteiger partial charge in [0.25, 0.3) is 0 Å². The van der Waals surface area contributed by atoms with Gasteiger partial charge in [-0.05, 0) is 25.1 Å². The van der Waals surface area contributed by atoms with Gasteiger partial charge in [0.1, 0.15) is 18.2 Å². The van der Waals surface area contributed by atoms with Crippen molar-refractivity contribution in [2.24, 2.45) is 0 Å². The zero-order valence-electron chi connectivity index (χ0n) is 11.3. The van der Waals surface area contributed by atoms with E-state index in [-0.39, 0.29) is 5.82 Å². The fraction of sp³-hybridized carbons (Fsp3) is 0.176. The summed E-state index contributed by atoms with van der Waals surface area (Å²) >= 11 is 0. The molecule has 0 saturated heterocycles. The lowest BCUT2D eigenvalue weighted by molar-refractivity contribution is 0.307. The first-order valence-electron chi connectivity index (χ1n) is 6.73. The van der Waals surface area contributed by atoms with Gasteiger partial charge in [-0.2, -0.15) is 0 Å². The van der Waals surface area contributed by atoms with Gasteiger partial charge in [0.15, 0.2) is 0 Å². The first-order valence-corrected chi connectivity index (χ1v) is 6.73. The average Bonchev–Trinajstić information content (AvgIpc) is 2.86. The Bertz CT molecular complexity index is 718. The Balaban J connectivity index is 1.94. The zero-order chi connectivity index (χ0) is 13.9. The summed E-state index contributed by atoms with van der Waals surface area (Å²) in [7, 11) is 0. The highest BCUT2D eigenvalue weighted by Gasteiger charge is 2.11. The molecule has 2 aromatic carbocycles. The number of rotatable bonds is 4. The molecule has 1 heterocycles. The third-order valence-electron chi connectivity index (χ3n) is 3.41. The van der Waals surface area contributed by atoms with Crippen molar-refractivity contribution in [3.8, 4) is 5.75 Å². The number of para-hydroxylation sites is 2. The topological polar surface area (TPSA) is 14.2 Å². The Morgan fingerprint density at radius 2 is 1.85 bits per heavy atom. The monoisotopic (exact) mass is 269 g/mol. The molecule has 3 rings (SSSR count). The van der Waals surface area contributed by atoms with Crippen molar-refractivity contribution < 1.29 is 9.13 Å². The van der Waals surface area contributed by atoms with Crippen LogP contribution in [0.3, 0.4) is 0 Å². The molecule has 0 unspecified atom stereocenters. The van der Waals surface area contributed by atoms with E-state index in [2.05, 4.69) is 0 Å². The van der Waals surface area contributed by atoms with Crippen LogP contribution in [-0.2, 0) is 13.2 Å². The van der Waals surface area contributed by atoms with Crippen molar-refractivity contribution in [2.45, 2.75) is 20.1 Å². The lowest BCUT2D eigenvalue weighted by Crippen LogP contribution is -1.94. The number of aromatic nitrogens is 1. The highest BCUT2D eigenvalue weighted by molar-refractivity contribution is 5.84. The van der Waals surface area contributed by atoms with Crippen LogP contribution >= 0.6 is 0 Å². The minimum Gasteiger partial charge on any atom is -0.489 e. The smallest absolute Gasteiger partial charge is 0.147 e. The predicted molar refractivity (Wildman–Crippen MR) is 78.3 cm³/mol. The van der Waals surface area contributed by atoms with E-state index in [9.17, 15) is 4.39 Å². The Hall–Kier alpha value is -2.29. The van der Waals surface area contributed by atoms with Crippen molar-refractivity contribution in [1.29, 1.82) is 0 Å². The normalized spacial score (nSPS) is 10.9. The Morgan fingerprint density at radius 1 is 1.05 bits per heavy atom. The summed E-state index contributed by atoms with van der Waals surface area (Å²) in [6, 6.07) is 14.8. The van der Waals surface area contributed by atoms with Crippen LogP contribution in [0, 0.1) is 5.82 Å². The fourth-order valence-electron chi connectivity index (χ4n) is 2.43. The van der Waals surface area contributed by atoms with Crippen LogP contribution in [0.2, 0.25) is 0 Å². The summed E-state index contributed by atoms with van der Waals surface area (Å²) in [5, 5.41) is 0.919. The number of aryl methyl sites for hydroxylation is 1. The van der Waals surface area contributed by atoms with Gasteiger partial charge in [-0.15, -0.1) is 0 Å². The molecule has 1 aromatic heterocycles. The van der Waals surface area contributed by atoms with Crippen molar-refractivity contribution >= 4 is 10.9 Å². The Morgan fingerprint density at radius 3 is 2.60 bits per heavy atom. The molecule has 0 aliphatic rings. The second-order valence-electron chi connectivity index (χ2n) is 4.68. The number of benzene rings is 2. The van der Waals surface area contributed by atoms with E-state index in [0.717, 1.165) is 23.2 Å². The molecule has 0 fully saturated rings. The van der Waals surface area contributed by atoms with Gasteiger partial charge in [0.05, 0.1) is 5.52 Å². The van der Waals surface area contributed by atoms with Gasteiger partial charge in [-0.3, -0.25) is 0 Å². The largest absolute Gasteiger partial charge is 0.489 e. The van der Waals surface area contributed by atoms with Gasteiger partial charge in [0, 0.05) is 23.7 Å². The maximum atomic E-state index is 13.9. The lowest BCUT2D eigenvalue weighted by atomic mass is 10.2. The summed E-state index contributed by atoms with van der Waals surface area (Å²) in [6.45, 7) is 3.19. The first kappa shape index (κ1) is 12.7. The standard InChI is InChI=1S/C17H16FNO/c1-2-19-11-13(12-20-14-7-4-3-5-8-14)15-9-6-10-16(18)17(15)19/h3-11H,2,12H2,1H3. The van der Waals surface area contributed by atoms with Crippen molar-refractivity contribution in [3.63, 3.8) is 0 Å². The molecule has 0 N–H and O–H groups in total. The van der Waals surface area contributed by atoms with Gasteiger partial charge in [0.2, 0.25) is 0 Å². The second-order valence-corrected chi connectivity index (χ2v) is 4.68. The zero-order valence-corrected chi connectivity index (χ0v) is 11.3. The van der Waals surface area contributed by atoms with E-state index in [1.807, 2.05) is 54.1 Å². The fourth-order valence-corrected chi connectivity index (χ4v) is 2.43. The first-order chi connectivity index (χ1) is 9.79. The summed E-state index contributed by atoms with van der Waals surface area (Å²) < 4.78 is 21.6. The molecule has 3 heteroatoms. The number of fused-ring (bicyclic) bond motifs is 1. The lowest BCUT2D eigenvalue weighted by Gasteiger charge is -2.04. The molecular weight excluding hydrogens is 253 g/mol. The Kier molecular flexibility index (Phi) is 3.42. The number of halogens is 1. The molecule has 0 atom stereocenters. The van der Waals surface area contributed by atoms with E-state index in [0.29, 0.717) is 12.1 Å². The molecule has 0 radical (unpaired) electrons. The molecule has 3 aromatic rings. The van der Waals surface area contributed by atoms with Crippen molar-refractivity contribution in [3.05, 3.63) is 66.1 Å². The van der Waals surface area contributed by atoms with Crippen molar-refractivity contribution in [2.75, 3.05) is 0 Å². The van der Waals surface area contributed by atoms with Crippen LogP contribution in [0.1, 0.15) is 12.5 Å². The molecule has 0 bridgehead atoms. The summed E-state index contributed by atoms with van der Waals surface area (Å²) in [5.74, 6) is 0.636. The van der Waals surface area contributed by atoms with Crippen LogP contribution in [-0.4, -0.2) is 4.57 Å². The van der Waals surface area contributed by atoms with Gasteiger partial charge in [-0.25, -0.2) is 4.39 Å². The van der Waals surface area contributed by atoms with E-state index in [4.69, 9.17) is 4.74 Å². The molecule has 20 heavy (non-hydrogen) atoms. The van der Waals surface area contributed by atoms with Crippen molar-refractivity contribution in [1.82, 2.24) is 4.57 Å². The SMILES string of the molecule is CCn1cc(COc2ccccc2)c2cccc(F)c21. The number of hydrogen-bond donors (Lipinski definition) is 0. The van der Waals surface area contributed by atoms with Crippen LogP contribution in [0.15, 0.2) is 54.7 Å². The van der Waals surface area contributed by atoms with Crippen LogP contribution in [0.4, 0.5) is 4.39 Å². The van der Waals surface area contributed by atoms with Gasteiger partial charge in [-0.1, -0.05) is 30.3 Å². The molecule has 0 spiro atoms. The molecular formula is C17H16FNO. The second kappa shape index (κ2) is 5.37. The van der Waals surface area contributed by atoms with E-state index >= 15 is 0 Å². The maximum Gasteiger partial charge on any atom is 0.147 e. The summed E-state index contributed by atoms with van der Waals surface area (Å²) in [6.07, 6.45) is 1.97. The quantitative estimate of drug-likeness (QED) is 0.685. The highest BCUT2D eigenvalue weighted by atomic mass is 19.1. The van der Waals surface area contributed by atoms with Gasteiger partial charge < -0.3 is 9.30 Å². The third-order valence-corrected chi connectivity index (χ3v) is 3.41. The molecule has 2 nitrogen and oxygen atoms in total. The minimum atomic E-state index is -0.185. The average molecular weight is 269 g/mol. The summed E-state index contributed by atoms with van der Waals surface area (Å²) in [4.78, 5) is 0. The van der Waals surface area contributed by atoms with Crippen LogP contribution < -0.4 is 4.74 Å². The Labute approximate surface area is 117 Å². The van der Waals surface area contributed by atoms with E-state index in [1.54, 1.807) is 6.07 Å². The molecule has 102 valence electrons. The van der Waals surface area contributed by atoms with E-state index in [1.165, 1.54) is 6.07 Å². The minimum absolute atomic E-state index is 0.185. The predicted octanol–water partition coefficient (Wildman–Crippen LogP) is 4.38. The highest BCUT2D eigenvalue weighted by Crippen LogP contribution is 2.25.